The Balaban J connectivity index is 2.43. The third-order valence-corrected chi connectivity index (χ3v) is 5.03. The van der Waals surface area contributed by atoms with E-state index in [2.05, 4.69) is 9.97 Å². The molecule has 0 fully saturated rings. The number of methoxy groups -OCH3 is 1. The number of hydrogen-bond donors (Lipinski definition) is 2. The van der Waals surface area contributed by atoms with E-state index in [0.717, 1.165) is 11.4 Å². The summed E-state index contributed by atoms with van der Waals surface area (Å²) in [6, 6.07) is 0. The number of aromatic amines is 1. The number of anilines is 2. The Kier molecular flexibility index (Phi) is 7.31. The highest BCUT2D eigenvalue weighted by atomic mass is 32.1. The molecule has 0 atom stereocenters. The normalized spacial score (nSPS) is 10.9. The Morgan fingerprint density at radius 2 is 2.15 bits per heavy atom. The van der Waals surface area contributed by atoms with E-state index < -0.39 is 11.2 Å². The van der Waals surface area contributed by atoms with Crippen molar-refractivity contribution < 1.29 is 9.53 Å². The lowest BCUT2D eigenvalue weighted by atomic mass is 10.2. The molecule has 2 aromatic heterocycles. The number of amides is 1. The average Bonchev–Trinajstić information content (AvgIpc) is 3.08. The van der Waals surface area contributed by atoms with Crippen molar-refractivity contribution in [2.24, 2.45) is 0 Å². The first kappa shape index (κ1) is 20.8. The van der Waals surface area contributed by atoms with Crippen LogP contribution in [0.4, 0.5) is 11.5 Å². The molecule has 10 heteroatoms. The number of carbonyl (C=O) groups is 1. The van der Waals surface area contributed by atoms with Gasteiger partial charge in [0.25, 0.3) is 5.56 Å². The van der Waals surface area contributed by atoms with Gasteiger partial charge in [-0.25, -0.2) is 9.78 Å². The maximum Gasteiger partial charge on any atom is 0.330 e. The Morgan fingerprint density at radius 3 is 2.74 bits per heavy atom. The van der Waals surface area contributed by atoms with Crippen molar-refractivity contribution in [2.75, 3.05) is 30.9 Å². The molecule has 0 aromatic carbocycles. The van der Waals surface area contributed by atoms with Gasteiger partial charge in [0, 0.05) is 25.6 Å². The molecular weight excluding hydrogens is 370 g/mol. The van der Waals surface area contributed by atoms with Gasteiger partial charge in [0.05, 0.1) is 23.7 Å². The van der Waals surface area contributed by atoms with Crippen molar-refractivity contribution in [2.45, 2.75) is 39.7 Å². The topological polar surface area (TPSA) is 123 Å². The molecule has 9 nitrogen and oxygen atoms in total. The number of H-pyrrole nitrogens is 1. The maximum absolute atomic E-state index is 12.9. The summed E-state index contributed by atoms with van der Waals surface area (Å²) in [7, 11) is 1.50. The monoisotopic (exact) mass is 395 g/mol. The number of nitrogen functional groups attached to an aromatic ring is 1. The summed E-state index contributed by atoms with van der Waals surface area (Å²) in [5.74, 6) is -0.360. The van der Waals surface area contributed by atoms with E-state index in [4.69, 9.17) is 10.5 Å². The summed E-state index contributed by atoms with van der Waals surface area (Å²) >= 11 is 1.49. The van der Waals surface area contributed by atoms with Crippen LogP contribution in [0.1, 0.15) is 31.0 Å². The Morgan fingerprint density at radius 1 is 1.41 bits per heavy atom. The lowest BCUT2D eigenvalue weighted by Crippen LogP contribution is -2.43. The summed E-state index contributed by atoms with van der Waals surface area (Å²) in [6.07, 6.45) is 1.48. The molecule has 2 rings (SSSR count). The van der Waals surface area contributed by atoms with Crippen LogP contribution in [0.25, 0.3) is 0 Å². The van der Waals surface area contributed by atoms with Crippen LogP contribution in [0.2, 0.25) is 0 Å². The maximum atomic E-state index is 12.9. The molecule has 3 N–H and O–H groups in total. The highest BCUT2D eigenvalue weighted by Gasteiger charge is 2.24. The first-order valence-electron chi connectivity index (χ1n) is 8.78. The molecule has 148 valence electrons. The highest BCUT2D eigenvalue weighted by Crippen LogP contribution is 2.19. The average molecular weight is 395 g/mol. The fourth-order valence-corrected chi connectivity index (χ4v) is 3.42. The minimum absolute atomic E-state index is 0.0254. The van der Waals surface area contributed by atoms with Crippen LogP contribution in [-0.2, 0) is 28.9 Å². The molecule has 0 aliphatic heterocycles. The van der Waals surface area contributed by atoms with Crippen LogP contribution in [0, 0.1) is 0 Å². The summed E-state index contributed by atoms with van der Waals surface area (Å²) in [4.78, 5) is 45.3. The largest absolute Gasteiger partial charge is 0.383 e. The molecule has 2 aromatic rings. The molecule has 0 aliphatic rings. The van der Waals surface area contributed by atoms with E-state index in [0.29, 0.717) is 18.7 Å². The van der Waals surface area contributed by atoms with E-state index >= 15 is 0 Å². The minimum atomic E-state index is -0.693. The number of rotatable bonds is 9. The first-order chi connectivity index (χ1) is 12.9. The van der Waals surface area contributed by atoms with Gasteiger partial charge >= 0.3 is 5.69 Å². The van der Waals surface area contributed by atoms with E-state index in [-0.39, 0.29) is 37.0 Å². The Labute approximate surface area is 160 Å². The van der Waals surface area contributed by atoms with Gasteiger partial charge in [-0.3, -0.25) is 19.1 Å². The standard InChI is InChI=1S/C17H25N5O4S/c1-4-6-22-15(18)14(16(24)20-17(22)25)21(7-8-26-3)13(23)9-11-10-27-12(5-2)19-11/h10H,4-9,18H2,1-3H3,(H,20,24,25). The Bertz CT molecular complexity index is 901. The SMILES string of the molecule is CCCn1c(N)c(N(CCOC)C(=O)Cc2csc(CC)n2)c(=O)[nH]c1=O. The molecule has 27 heavy (non-hydrogen) atoms. The van der Waals surface area contributed by atoms with Crippen LogP contribution >= 0.6 is 11.3 Å². The van der Waals surface area contributed by atoms with Crippen molar-refractivity contribution in [1.29, 1.82) is 0 Å². The van der Waals surface area contributed by atoms with Crippen molar-refractivity contribution >= 4 is 28.7 Å². The number of ether oxygens (including phenoxy) is 1. The quantitative estimate of drug-likeness (QED) is 0.646. The van der Waals surface area contributed by atoms with Gasteiger partial charge in [0.1, 0.15) is 5.82 Å². The summed E-state index contributed by atoms with van der Waals surface area (Å²) in [6.45, 7) is 4.57. The highest BCUT2D eigenvalue weighted by molar-refractivity contribution is 7.09. The van der Waals surface area contributed by atoms with E-state index in [1.807, 2.05) is 19.2 Å². The summed E-state index contributed by atoms with van der Waals surface area (Å²) < 4.78 is 6.33. The van der Waals surface area contributed by atoms with Crippen LogP contribution in [0.5, 0.6) is 0 Å². The van der Waals surface area contributed by atoms with Crippen LogP contribution in [0.15, 0.2) is 15.0 Å². The molecule has 0 unspecified atom stereocenters. The fraction of sp³-hybridized carbons (Fsp3) is 0.529. The van der Waals surface area contributed by atoms with Crippen molar-refractivity contribution in [3.8, 4) is 0 Å². The molecule has 0 saturated carbocycles. The molecule has 0 saturated heterocycles. The summed E-state index contributed by atoms with van der Waals surface area (Å²) in [5, 5.41) is 2.77. The van der Waals surface area contributed by atoms with Gasteiger partial charge in [0.15, 0.2) is 5.69 Å². The van der Waals surface area contributed by atoms with Gasteiger partial charge in [-0.1, -0.05) is 13.8 Å². The lowest BCUT2D eigenvalue weighted by Gasteiger charge is -2.24. The second-order valence-corrected chi connectivity index (χ2v) is 6.89. The van der Waals surface area contributed by atoms with Gasteiger partial charge in [0.2, 0.25) is 5.91 Å². The van der Waals surface area contributed by atoms with Gasteiger partial charge < -0.3 is 15.4 Å². The van der Waals surface area contributed by atoms with Crippen molar-refractivity contribution in [1.82, 2.24) is 14.5 Å². The number of hydrogen-bond acceptors (Lipinski definition) is 7. The second-order valence-electron chi connectivity index (χ2n) is 5.95. The minimum Gasteiger partial charge on any atom is -0.383 e. The molecular formula is C17H25N5O4S. The molecule has 0 bridgehead atoms. The van der Waals surface area contributed by atoms with Crippen LogP contribution in [-0.4, -0.2) is 40.7 Å². The zero-order chi connectivity index (χ0) is 20.0. The van der Waals surface area contributed by atoms with E-state index in [9.17, 15) is 14.4 Å². The van der Waals surface area contributed by atoms with Crippen molar-refractivity contribution in [3.63, 3.8) is 0 Å². The number of nitrogens with one attached hydrogen (secondary N) is 1. The van der Waals surface area contributed by atoms with E-state index in [1.54, 1.807) is 0 Å². The van der Waals surface area contributed by atoms with Gasteiger partial charge in [-0.2, -0.15) is 0 Å². The number of aromatic nitrogens is 3. The molecule has 1 amide bonds. The van der Waals surface area contributed by atoms with Gasteiger partial charge in [-0.15, -0.1) is 11.3 Å². The zero-order valence-corrected chi connectivity index (χ0v) is 16.6. The van der Waals surface area contributed by atoms with Gasteiger partial charge in [-0.05, 0) is 12.8 Å². The first-order valence-corrected chi connectivity index (χ1v) is 9.66. The fourth-order valence-electron chi connectivity index (χ4n) is 2.67. The summed E-state index contributed by atoms with van der Waals surface area (Å²) in [5.41, 5.74) is 5.42. The number of carbonyl (C=O) groups excluding carboxylic acids is 1. The molecule has 2 heterocycles. The molecule has 0 aliphatic carbocycles. The Hall–Kier alpha value is -2.46. The molecule has 0 spiro atoms. The van der Waals surface area contributed by atoms with Crippen molar-refractivity contribution in [3.05, 3.63) is 36.9 Å². The zero-order valence-electron chi connectivity index (χ0n) is 15.8. The predicted molar refractivity (Wildman–Crippen MR) is 105 cm³/mol. The van der Waals surface area contributed by atoms with Crippen LogP contribution in [0.3, 0.4) is 0 Å². The second kappa shape index (κ2) is 9.47. The number of thiazole rings is 1. The predicted octanol–water partition coefficient (Wildman–Crippen LogP) is 0.770. The third kappa shape index (κ3) is 4.83. The van der Waals surface area contributed by atoms with Crippen LogP contribution < -0.4 is 21.9 Å². The smallest absolute Gasteiger partial charge is 0.330 e. The number of nitrogens with two attached hydrogens (primary N) is 1. The van der Waals surface area contributed by atoms with E-state index in [1.165, 1.54) is 27.9 Å². The third-order valence-electron chi connectivity index (χ3n) is 3.99. The lowest BCUT2D eigenvalue weighted by molar-refractivity contribution is -0.118. The molecule has 0 radical (unpaired) electrons. The number of nitrogens with zero attached hydrogens (tertiary/aromatic N) is 3. The number of aryl methyl sites for hydroxylation is 1.